The number of rotatable bonds is 4. The molecule has 4 heteroatoms. The van der Waals surface area contributed by atoms with E-state index in [9.17, 15) is 9.90 Å². The highest BCUT2D eigenvalue weighted by molar-refractivity contribution is 5.68. The van der Waals surface area contributed by atoms with Gasteiger partial charge in [-0.1, -0.05) is 6.42 Å². The summed E-state index contributed by atoms with van der Waals surface area (Å²) in [5, 5.41) is 9.23. The first kappa shape index (κ1) is 13.8. The van der Waals surface area contributed by atoms with E-state index in [0.29, 0.717) is 12.5 Å². The Kier molecular flexibility index (Phi) is 4.62. The van der Waals surface area contributed by atoms with Crippen molar-refractivity contribution in [2.24, 2.45) is 0 Å². The number of likely N-dealkylation sites (tertiary alicyclic amines) is 1. The van der Waals surface area contributed by atoms with Gasteiger partial charge in [-0.15, -0.1) is 0 Å². The van der Waals surface area contributed by atoms with E-state index >= 15 is 0 Å². The van der Waals surface area contributed by atoms with Crippen LogP contribution in [0, 0.1) is 0 Å². The summed E-state index contributed by atoms with van der Waals surface area (Å²) < 4.78 is 5.41. The van der Waals surface area contributed by atoms with E-state index in [2.05, 4.69) is 4.90 Å². The van der Waals surface area contributed by atoms with Gasteiger partial charge in [-0.25, -0.2) is 0 Å². The van der Waals surface area contributed by atoms with Gasteiger partial charge in [0.05, 0.1) is 12.5 Å². The third-order valence-corrected chi connectivity index (χ3v) is 4.70. The zero-order chi connectivity index (χ0) is 13.0. The first-order valence-corrected chi connectivity index (χ1v) is 7.16. The van der Waals surface area contributed by atoms with Gasteiger partial charge in [0, 0.05) is 12.6 Å². The molecule has 0 bridgehead atoms. The number of aliphatic carboxylic acids is 1. The van der Waals surface area contributed by atoms with Gasteiger partial charge in [-0.05, 0) is 51.6 Å². The van der Waals surface area contributed by atoms with Crippen LogP contribution in [-0.4, -0.2) is 47.8 Å². The highest BCUT2D eigenvalue weighted by Gasteiger charge is 2.42. The monoisotopic (exact) mass is 255 g/mol. The minimum Gasteiger partial charge on any atom is -0.481 e. The Morgan fingerprint density at radius 3 is 2.39 bits per heavy atom. The predicted octanol–water partition coefficient (Wildman–Crippen LogP) is 2.27. The number of carboxylic acids is 1. The molecule has 0 aromatic rings. The third kappa shape index (κ3) is 3.04. The molecule has 1 saturated carbocycles. The standard InChI is InChI=1S/C14H25NO3/c1-18-12-5-7-14(8-6-12,11-13(16)17)15-9-3-2-4-10-15/h12H,2-11H2,1H3,(H,16,17). The average molecular weight is 255 g/mol. The van der Waals surface area contributed by atoms with Crippen molar-refractivity contribution in [3.05, 3.63) is 0 Å². The number of methoxy groups -OCH3 is 1. The number of carboxylic acid groups (broad SMARTS) is 1. The molecule has 4 nitrogen and oxygen atoms in total. The molecule has 0 spiro atoms. The number of hydrogen-bond donors (Lipinski definition) is 1. The van der Waals surface area contributed by atoms with Crippen molar-refractivity contribution in [2.45, 2.75) is 63.0 Å². The zero-order valence-electron chi connectivity index (χ0n) is 11.4. The summed E-state index contributed by atoms with van der Waals surface area (Å²) in [7, 11) is 1.76. The molecule has 2 fully saturated rings. The number of hydrogen-bond acceptors (Lipinski definition) is 3. The molecule has 104 valence electrons. The Morgan fingerprint density at radius 1 is 1.28 bits per heavy atom. The van der Waals surface area contributed by atoms with Crippen molar-refractivity contribution in [1.82, 2.24) is 4.90 Å². The molecule has 1 aliphatic heterocycles. The highest BCUT2D eigenvalue weighted by Crippen LogP contribution is 2.38. The van der Waals surface area contributed by atoms with Crippen LogP contribution < -0.4 is 0 Å². The van der Waals surface area contributed by atoms with Gasteiger partial charge in [0.2, 0.25) is 0 Å². The fraction of sp³-hybridized carbons (Fsp3) is 0.929. The first-order valence-electron chi connectivity index (χ1n) is 7.16. The Labute approximate surface area is 109 Å². The van der Waals surface area contributed by atoms with E-state index in [0.717, 1.165) is 38.8 Å². The van der Waals surface area contributed by atoms with Gasteiger partial charge in [0.25, 0.3) is 0 Å². The van der Waals surface area contributed by atoms with E-state index in [1.165, 1.54) is 19.3 Å². The lowest BCUT2D eigenvalue weighted by Crippen LogP contribution is -2.54. The van der Waals surface area contributed by atoms with Gasteiger partial charge in [-0.2, -0.15) is 0 Å². The lowest BCUT2D eigenvalue weighted by Gasteiger charge is -2.48. The Hall–Kier alpha value is -0.610. The topological polar surface area (TPSA) is 49.8 Å². The number of ether oxygens (including phenoxy) is 1. The van der Waals surface area contributed by atoms with Gasteiger partial charge < -0.3 is 9.84 Å². The van der Waals surface area contributed by atoms with Gasteiger partial charge >= 0.3 is 5.97 Å². The van der Waals surface area contributed by atoms with Crippen LogP contribution in [-0.2, 0) is 9.53 Å². The van der Waals surface area contributed by atoms with Crippen LogP contribution in [0.4, 0.5) is 0 Å². The maximum absolute atomic E-state index is 11.2. The molecule has 1 saturated heterocycles. The largest absolute Gasteiger partial charge is 0.481 e. The zero-order valence-corrected chi connectivity index (χ0v) is 11.4. The second-order valence-electron chi connectivity index (χ2n) is 5.78. The molecule has 1 heterocycles. The molecule has 1 aliphatic carbocycles. The lowest BCUT2D eigenvalue weighted by molar-refractivity contribution is -0.142. The van der Waals surface area contributed by atoms with E-state index in [1.807, 2.05) is 0 Å². The van der Waals surface area contributed by atoms with Gasteiger partial charge in [0.15, 0.2) is 0 Å². The van der Waals surface area contributed by atoms with E-state index in [1.54, 1.807) is 7.11 Å². The highest BCUT2D eigenvalue weighted by atomic mass is 16.5. The van der Waals surface area contributed by atoms with Crippen LogP contribution in [0.2, 0.25) is 0 Å². The van der Waals surface area contributed by atoms with E-state index in [4.69, 9.17) is 4.74 Å². The molecule has 2 rings (SSSR count). The maximum atomic E-state index is 11.2. The van der Waals surface area contributed by atoms with Crippen molar-refractivity contribution in [3.8, 4) is 0 Å². The molecule has 0 aromatic carbocycles. The summed E-state index contributed by atoms with van der Waals surface area (Å²) >= 11 is 0. The number of carbonyl (C=O) groups is 1. The SMILES string of the molecule is COC1CCC(CC(=O)O)(N2CCCCC2)CC1. The van der Waals surface area contributed by atoms with Crippen LogP contribution in [0.25, 0.3) is 0 Å². The summed E-state index contributed by atoms with van der Waals surface area (Å²) in [5.74, 6) is -0.656. The Balaban J connectivity index is 2.05. The Bertz CT molecular complexity index is 279. The minimum atomic E-state index is -0.656. The van der Waals surface area contributed by atoms with Crippen LogP contribution in [0.1, 0.15) is 51.4 Å². The van der Waals surface area contributed by atoms with Crippen molar-refractivity contribution >= 4 is 5.97 Å². The first-order chi connectivity index (χ1) is 8.66. The molecular weight excluding hydrogens is 230 g/mol. The molecule has 18 heavy (non-hydrogen) atoms. The van der Waals surface area contributed by atoms with Crippen molar-refractivity contribution in [3.63, 3.8) is 0 Å². The number of piperidine rings is 1. The quantitative estimate of drug-likeness (QED) is 0.837. The molecule has 0 unspecified atom stereocenters. The summed E-state index contributed by atoms with van der Waals surface area (Å²) in [6.45, 7) is 2.15. The summed E-state index contributed by atoms with van der Waals surface area (Å²) in [6.07, 6.45) is 8.29. The second-order valence-corrected chi connectivity index (χ2v) is 5.78. The van der Waals surface area contributed by atoms with E-state index < -0.39 is 5.97 Å². The number of nitrogens with zero attached hydrogens (tertiary/aromatic N) is 1. The molecule has 0 atom stereocenters. The maximum Gasteiger partial charge on any atom is 0.305 e. The van der Waals surface area contributed by atoms with Gasteiger partial charge in [-0.3, -0.25) is 9.69 Å². The Morgan fingerprint density at radius 2 is 1.89 bits per heavy atom. The summed E-state index contributed by atoms with van der Waals surface area (Å²) in [6, 6.07) is 0. The van der Waals surface area contributed by atoms with Crippen LogP contribution in [0.15, 0.2) is 0 Å². The molecule has 0 radical (unpaired) electrons. The van der Waals surface area contributed by atoms with Crippen molar-refractivity contribution in [2.75, 3.05) is 20.2 Å². The van der Waals surface area contributed by atoms with Crippen molar-refractivity contribution < 1.29 is 14.6 Å². The molecule has 0 aromatic heterocycles. The van der Waals surface area contributed by atoms with Crippen LogP contribution >= 0.6 is 0 Å². The molecular formula is C14H25NO3. The van der Waals surface area contributed by atoms with Crippen LogP contribution in [0.5, 0.6) is 0 Å². The fourth-order valence-corrected chi connectivity index (χ4v) is 3.62. The molecule has 2 aliphatic rings. The smallest absolute Gasteiger partial charge is 0.305 e. The summed E-state index contributed by atoms with van der Waals surface area (Å²) in [4.78, 5) is 13.7. The average Bonchev–Trinajstić information content (AvgIpc) is 2.40. The normalized spacial score (nSPS) is 34.4. The second kappa shape index (κ2) is 6.02. The summed E-state index contributed by atoms with van der Waals surface area (Å²) in [5.41, 5.74) is -0.0959. The molecule has 0 amide bonds. The fourth-order valence-electron chi connectivity index (χ4n) is 3.62. The van der Waals surface area contributed by atoms with Gasteiger partial charge in [0.1, 0.15) is 0 Å². The lowest BCUT2D eigenvalue weighted by atomic mass is 9.76. The van der Waals surface area contributed by atoms with Crippen molar-refractivity contribution in [1.29, 1.82) is 0 Å². The molecule has 1 N–H and O–H groups in total. The minimum absolute atomic E-state index is 0.0959. The van der Waals surface area contributed by atoms with Crippen LogP contribution in [0.3, 0.4) is 0 Å². The van der Waals surface area contributed by atoms with E-state index in [-0.39, 0.29) is 5.54 Å². The predicted molar refractivity (Wildman–Crippen MR) is 69.7 cm³/mol. The third-order valence-electron chi connectivity index (χ3n) is 4.70.